The molecule has 0 unspecified atom stereocenters. The number of ether oxygens (including phenoxy) is 1. The Bertz CT molecular complexity index is 453. The lowest BCUT2D eigenvalue weighted by Crippen LogP contribution is -2.57. The Hall–Kier alpha value is -1.26. The normalized spacial score (nSPS) is 17.9. The highest BCUT2D eigenvalue weighted by atomic mass is 35.5. The van der Waals surface area contributed by atoms with Crippen molar-refractivity contribution in [2.75, 3.05) is 39.8 Å². The Balaban J connectivity index is 1.91. The van der Waals surface area contributed by atoms with Crippen LogP contribution >= 0.6 is 11.6 Å². The van der Waals surface area contributed by atoms with E-state index in [9.17, 15) is 4.79 Å². The standard InChI is InChI=1S/C15H22ClN2O2/c1-3-20-15(19)17-8-10-18(2,11-9-17)12-13-4-6-14(16)7-5-13/h4-7H,3,8-12H2,1-2H3/q+1. The van der Waals surface area contributed by atoms with Gasteiger partial charge in [-0.1, -0.05) is 23.7 Å². The van der Waals surface area contributed by atoms with Gasteiger partial charge in [-0.2, -0.15) is 0 Å². The fourth-order valence-electron chi connectivity index (χ4n) is 2.53. The molecule has 1 aromatic rings. The van der Waals surface area contributed by atoms with E-state index in [4.69, 9.17) is 16.3 Å². The van der Waals surface area contributed by atoms with Gasteiger partial charge in [0, 0.05) is 10.6 Å². The second-order valence-corrected chi connectivity index (χ2v) is 5.97. The molecule has 1 saturated heterocycles. The number of rotatable bonds is 3. The van der Waals surface area contributed by atoms with Crippen molar-refractivity contribution in [1.29, 1.82) is 0 Å². The Morgan fingerprint density at radius 3 is 2.45 bits per heavy atom. The number of carbonyl (C=O) groups is 1. The lowest BCUT2D eigenvalue weighted by molar-refractivity contribution is -0.926. The molecule has 110 valence electrons. The van der Waals surface area contributed by atoms with E-state index < -0.39 is 0 Å². The highest BCUT2D eigenvalue weighted by Gasteiger charge is 2.31. The van der Waals surface area contributed by atoms with Crippen molar-refractivity contribution in [2.24, 2.45) is 0 Å². The molecule has 1 amide bonds. The number of amides is 1. The van der Waals surface area contributed by atoms with Crippen LogP contribution in [0.4, 0.5) is 4.79 Å². The molecule has 1 aliphatic heterocycles. The first-order valence-electron chi connectivity index (χ1n) is 7.02. The van der Waals surface area contributed by atoms with Gasteiger partial charge in [-0.3, -0.25) is 4.90 Å². The molecule has 0 radical (unpaired) electrons. The number of piperazine rings is 1. The van der Waals surface area contributed by atoms with E-state index in [0.29, 0.717) is 6.61 Å². The fourth-order valence-corrected chi connectivity index (χ4v) is 2.66. The van der Waals surface area contributed by atoms with E-state index in [1.54, 1.807) is 4.90 Å². The van der Waals surface area contributed by atoms with Gasteiger partial charge in [0.15, 0.2) is 0 Å². The van der Waals surface area contributed by atoms with Crippen molar-refractivity contribution in [3.63, 3.8) is 0 Å². The molecule has 2 rings (SSSR count). The molecule has 0 bridgehead atoms. The lowest BCUT2D eigenvalue weighted by atomic mass is 10.1. The number of nitrogens with zero attached hydrogens (tertiary/aromatic N) is 2. The molecule has 20 heavy (non-hydrogen) atoms. The van der Waals surface area contributed by atoms with Gasteiger partial charge in [0.05, 0.1) is 39.8 Å². The average Bonchev–Trinajstić information content (AvgIpc) is 2.42. The maximum atomic E-state index is 11.7. The van der Waals surface area contributed by atoms with E-state index in [2.05, 4.69) is 19.2 Å². The third-order valence-electron chi connectivity index (χ3n) is 3.82. The molecular weight excluding hydrogens is 276 g/mol. The second-order valence-electron chi connectivity index (χ2n) is 5.54. The molecule has 1 aromatic carbocycles. The van der Waals surface area contributed by atoms with E-state index in [1.165, 1.54) is 5.56 Å². The van der Waals surface area contributed by atoms with Gasteiger partial charge in [0.1, 0.15) is 6.54 Å². The number of halogens is 1. The summed E-state index contributed by atoms with van der Waals surface area (Å²) in [5.41, 5.74) is 1.28. The van der Waals surface area contributed by atoms with Crippen molar-refractivity contribution in [1.82, 2.24) is 4.90 Å². The van der Waals surface area contributed by atoms with E-state index in [1.807, 2.05) is 19.1 Å². The number of carbonyl (C=O) groups excluding carboxylic acids is 1. The minimum Gasteiger partial charge on any atom is -0.450 e. The summed E-state index contributed by atoms with van der Waals surface area (Å²) in [5.74, 6) is 0. The van der Waals surface area contributed by atoms with Crippen LogP contribution in [0.15, 0.2) is 24.3 Å². The largest absolute Gasteiger partial charge is 0.450 e. The van der Waals surface area contributed by atoms with Crippen LogP contribution in [0.1, 0.15) is 12.5 Å². The monoisotopic (exact) mass is 297 g/mol. The molecule has 5 heteroatoms. The second kappa shape index (κ2) is 6.46. The topological polar surface area (TPSA) is 29.5 Å². The third-order valence-corrected chi connectivity index (χ3v) is 4.08. The van der Waals surface area contributed by atoms with E-state index in [0.717, 1.165) is 42.2 Å². The lowest BCUT2D eigenvalue weighted by Gasteiger charge is -2.41. The minimum atomic E-state index is -0.190. The zero-order valence-electron chi connectivity index (χ0n) is 12.1. The molecule has 0 atom stereocenters. The Morgan fingerprint density at radius 1 is 1.30 bits per heavy atom. The van der Waals surface area contributed by atoms with Gasteiger partial charge < -0.3 is 9.22 Å². The predicted molar refractivity (Wildman–Crippen MR) is 79.7 cm³/mol. The van der Waals surface area contributed by atoms with Crippen LogP contribution in [-0.4, -0.2) is 55.3 Å². The van der Waals surface area contributed by atoms with Crippen LogP contribution in [0.5, 0.6) is 0 Å². The summed E-state index contributed by atoms with van der Waals surface area (Å²) in [4.78, 5) is 13.5. The molecule has 0 N–H and O–H groups in total. The van der Waals surface area contributed by atoms with Crippen molar-refractivity contribution in [3.05, 3.63) is 34.9 Å². The molecule has 0 saturated carbocycles. The van der Waals surface area contributed by atoms with Crippen LogP contribution in [0.25, 0.3) is 0 Å². The summed E-state index contributed by atoms with van der Waals surface area (Å²) in [6.07, 6.45) is -0.190. The number of likely N-dealkylation sites (N-methyl/N-ethyl adjacent to an activating group) is 1. The van der Waals surface area contributed by atoms with Crippen LogP contribution in [0, 0.1) is 0 Å². The van der Waals surface area contributed by atoms with E-state index in [-0.39, 0.29) is 6.09 Å². The molecule has 1 heterocycles. The first-order chi connectivity index (χ1) is 9.52. The molecule has 0 aromatic heterocycles. The Kier molecular flexibility index (Phi) is 4.89. The van der Waals surface area contributed by atoms with Crippen LogP contribution < -0.4 is 0 Å². The fraction of sp³-hybridized carbons (Fsp3) is 0.533. The number of benzene rings is 1. The molecular formula is C15H22ClN2O2+. The summed E-state index contributed by atoms with van der Waals surface area (Å²) in [6, 6.07) is 8.00. The van der Waals surface area contributed by atoms with Gasteiger partial charge in [0.2, 0.25) is 0 Å². The zero-order chi connectivity index (χ0) is 14.6. The van der Waals surface area contributed by atoms with E-state index >= 15 is 0 Å². The summed E-state index contributed by atoms with van der Waals surface area (Å²) in [6.45, 7) is 6.64. The Labute approximate surface area is 125 Å². The molecule has 1 aliphatic rings. The van der Waals surface area contributed by atoms with Crippen molar-refractivity contribution < 1.29 is 14.0 Å². The minimum absolute atomic E-state index is 0.190. The smallest absolute Gasteiger partial charge is 0.410 e. The summed E-state index contributed by atoms with van der Waals surface area (Å²) in [7, 11) is 2.23. The average molecular weight is 298 g/mol. The van der Waals surface area contributed by atoms with Gasteiger partial charge in [-0.25, -0.2) is 4.79 Å². The zero-order valence-corrected chi connectivity index (χ0v) is 12.9. The first kappa shape index (κ1) is 15.1. The maximum absolute atomic E-state index is 11.7. The van der Waals surface area contributed by atoms with Crippen molar-refractivity contribution in [2.45, 2.75) is 13.5 Å². The van der Waals surface area contributed by atoms with Crippen LogP contribution in [-0.2, 0) is 11.3 Å². The summed E-state index contributed by atoms with van der Waals surface area (Å²) >= 11 is 5.91. The Morgan fingerprint density at radius 2 is 1.90 bits per heavy atom. The molecule has 0 spiro atoms. The number of hydrogen-bond donors (Lipinski definition) is 0. The van der Waals surface area contributed by atoms with Gasteiger partial charge in [-0.05, 0) is 19.1 Å². The van der Waals surface area contributed by atoms with Crippen molar-refractivity contribution >= 4 is 17.7 Å². The van der Waals surface area contributed by atoms with Crippen molar-refractivity contribution in [3.8, 4) is 0 Å². The SMILES string of the molecule is CCOC(=O)N1CC[N+](C)(Cc2ccc(Cl)cc2)CC1. The number of quaternary nitrogens is 1. The molecule has 0 aliphatic carbocycles. The maximum Gasteiger partial charge on any atom is 0.410 e. The van der Waals surface area contributed by atoms with Gasteiger partial charge in [-0.15, -0.1) is 0 Å². The first-order valence-corrected chi connectivity index (χ1v) is 7.40. The molecule has 1 fully saturated rings. The number of hydrogen-bond acceptors (Lipinski definition) is 2. The predicted octanol–water partition coefficient (Wildman–Crippen LogP) is 2.76. The quantitative estimate of drug-likeness (QED) is 0.803. The van der Waals surface area contributed by atoms with Gasteiger partial charge >= 0.3 is 6.09 Å². The van der Waals surface area contributed by atoms with Crippen LogP contribution in [0.2, 0.25) is 5.02 Å². The highest BCUT2D eigenvalue weighted by Crippen LogP contribution is 2.18. The highest BCUT2D eigenvalue weighted by molar-refractivity contribution is 6.30. The van der Waals surface area contributed by atoms with Gasteiger partial charge in [0.25, 0.3) is 0 Å². The molecule has 4 nitrogen and oxygen atoms in total. The third kappa shape index (κ3) is 3.87. The summed E-state index contributed by atoms with van der Waals surface area (Å²) < 4.78 is 5.99. The summed E-state index contributed by atoms with van der Waals surface area (Å²) in [5, 5.41) is 0.767. The van der Waals surface area contributed by atoms with Crippen LogP contribution in [0.3, 0.4) is 0 Å².